The summed E-state index contributed by atoms with van der Waals surface area (Å²) in [6.45, 7) is 2.09. The van der Waals surface area contributed by atoms with Crippen LogP contribution in [0.5, 0.6) is 0 Å². The van der Waals surface area contributed by atoms with Crippen molar-refractivity contribution in [2.45, 2.75) is 13.3 Å². The molecule has 0 radical (unpaired) electrons. The molecular formula is C24H21NOS. The van der Waals surface area contributed by atoms with Gasteiger partial charge in [-0.05, 0) is 48.1 Å². The second-order valence-corrected chi connectivity index (χ2v) is 7.82. The van der Waals surface area contributed by atoms with Crippen molar-refractivity contribution < 1.29 is 4.79 Å². The van der Waals surface area contributed by atoms with Crippen molar-refractivity contribution in [2.75, 3.05) is 11.9 Å². The van der Waals surface area contributed by atoms with Crippen LogP contribution in [-0.2, 0) is 6.42 Å². The highest BCUT2D eigenvalue weighted by molar-refractivity contribution is 7.21. The molecule has 3 aromatic carbocycles. The molecule has 4 aromatic rings. The third-order valence-corrected chi connectivity index (χ3v) is 6.04. The molecule has 0 aliphatic carbocycles. The summed E-state index contributed by atoms with van der Waals surface area (Å²) in [4.78, 5) is 15.9. The summed E-state index contributed by atoms with van der Waals surface area (Å²) in [6.07, 6.45) is 0.758. The highest BCUT2D eigenvalue weighted by Gasteiger charge is 2.22. The Kier molecular flexibility index (Phi) is 4.78. The van der Waals surface area contributed by atoms with Crippen molar-refractivity contribution in [1.82, 2.24) is 0 Å². The van der Waals surface area contributed by atoms with Crippen LogP contribution in [0.4, 0.5) is 5.69 Å². The first-order valence-electron chi connectivity index (χ1n) is 9.02. The monoisotopic (exact) mass is 371 g/mol. The van der Waals surface area contributed by atoms with Gasteiger partial charge in [0.1, 0.15) is 0 Å². The minimum atomic E-state index is 0.0458. The van der Waals surface area contributed by atoms with Gasteiger partial charge in [-0.15, -0.1) is 11.3 Å². The number of hydrogen-bond donors (Lipinski definition) is 0. The molecule has 134 valence electrons. The van der Waals surface area contributed by atoms with E-state index in [1.165, 1.54) is 16.5 Å². The molecule has 0 saturated carbocycles. The lowest BCUT2D eigenvalue weighted by molar-refractivity contribution is 0.0996. The Morgan fingerprint density at radius 1 is 0.889 bits per heavy atom. The van der Waals surface area contributed by atoms with Gasteiger partial charge in [0.25, 0.3) is 5.91 Å². The van der Waals surface area contributed by atoms with Gasteiger partial charge in [-0.3, -0.25) is 4.79 Å². The number of fused-ring (bicyclic) bond motifs is 1. The Bertz CT molecular complexity index is 1080. The summed E-state index contributed by atoms with van der Waals surface area (Å²) in [6, 6.07) is 26.6. The molecule has 2 nitrogen and oxygen atoms in total. The Morgan fingerprint density at radius 2 is 1.56 bits per heavy atom. The number of aryl methyl sites for hydroxylation is 1. The van der Waals surface area contributed by atoms with Crippen LogP contribution in [0.1, 0.15) is 26.4 Å². The number of rotatable bonds is 4. The van der Waals surface area contributed by atoms with E-state index in [4.69, 9.17) is 0 Å². The first kappa shape index (κ1) is 17.5. The fourth-order valence-electron chi connectivity index (χ4n) is 3.28. The Balaban J connectivity index is 1.77. The topological polar surface area (TPSA) is 20.3 Å². The van der Waals surface area contributed by atoms with Gasteiger partial charge in [0.15, 0.2) is 0 Å². The minimum Gasteiger partial charge on any atom is -0.311 e. The Hall–Kier alpha value is -2.91. The highest BCUT2D eigenvalue weighted by atomic mass is 32.1. The molecular weight excluding hydrogens is 350 g/mol. The molecule has 1 aromatic heterocycles. The summed E-state index contributed by atoms with van der Waals surface area (Å²) in [5, 5.41) is 1.17. The van der Waals surface area contributed by atoms with Crippen molar-refractivity contribution in [2.24, 2.45) is 0 Å². The zero-order valence-corrected chi connectivity index (χ0v) is 16.3. The molecule has 4 rings (SSSR count). The van der Waals surface area contributed by atoms with Crippen molar-refractivity contribution >= 4 is 33.0 Å². The predicted molar refractivity (Wildman–Crippen MR) is 115 cm³/mol. The third kappa shape index (κ3) is 3.51. The summed E-state index contributed by atoms with van der Waals surface area (Å²) < 4.78 is 1.16. The highest BCUT2D eigenvalue weighted by Crippen LogP contribution is 2.34. The number of carbonyl (C=O) groups is 1. The average Bonchev–Trinajstić information content (AvgIpc) is 3.08. The average molecular weight is 372 g/mol. The number of amides is 1. The van der Waals surface area contributed by atoms with Gasteiger partial charge in [0, 0.05) is 17.4 Å². The normalized spacial score (nSPS) is 10.9. The maximum absolute atomic E-state index is 13.3. The number of nitrogens with zero attached hydrogens (tertiary/aromatic N) is 1. The van der Waals surface area contributed by atoms with Crippen molar-refractivity contribution in [3.8, 4) is 0 Å². The molecule has 0 aliphatic heterocycles. The molecule has 0 bridgehead atoms. The maximum Gasteiger partial charge on any atom is 0.268 e. The van der Waals surface area contributed by atoms with Gasteiger partial charge in [0.05, 0.1) is 4.88 Å². The van der Waals surface area contributed by atoms with Crippen LogP contribution >= 0.6 is 11.3 Å². The number of hydrogen-bond acceptors (Lipinski definition) is 2. The molecule has 0 unspecified atom stereocenters. The predicted octanol–water partition coefficient (Wildman–Crippen LogP) is 6.08. The van der Waals surface area contributed by atoms with E-state index in [-0.39, 0.29) is 5.91 Å². The van der Waals surface area contributed by atoms with E-state index in [9.17, 15) is 4.79 Å². The molecule has 3 heteroatoms. The van der Waals surface area contributed by atoms with Crippen LogP contribution in [-0.4, -0.2) is 13.0 Å². The molecule has 1 heterocycles. The largest absolute Gasteiger partial charge is 0.311 e. The number of thiophene rings is 1. The van der Waals surface area contributed by atoms with Crippen LogP contribution in [0, 0.1) is 6.92 Å². The quantitative estimate of drug-likeness (QED) is 0.426. The van der Waals surface area contributed by atoms with Gasteiger partial charge >= 0.3 is 0 Å². The van der Waals surface area contributed by atoms with Crippen LogP contribution < -0.4 is 4.90 Å². The second-order valence-electron chi connectivity index (χ2n) is 6.77. The fourth-order valence-corrected chi connectivity index (χ4v) is 4.48. The van der Waals surface area contributed by atoms with E-state index in [1.807, 2.05) is 49.5 Å². The van der Waals surface area contributed by atoms with E-state index < -0.39 is 0 Å². The molecule has 0 N–H and O–H groups in total. The molecule has 0 saturated heterocycles. The summed E-state index contributed by atoms with van der Waals surface area (Å²) in [7, 11) is 1.84. The van der Waals surface area contributed by atoms with Crippen LogP contribution in [0.2, 0.25) is 0 Å². The van der Waals surface area contributed by atoms with Crippen LogP contribution in [0.15, 0.2) is 78.9 Å². The van der Waals surface area contributed by atoms with Crippen LogP contribution in [0.3, 0.4) is 0 Å². The zero-order chi connectivity index (χ0) is 18.8. The first-order valence-corrected chi connectivity index (χ1v) is 9.84. The number of anilines is 1. The second kappa shape index (κ2) is 7.37. The Morgan fingerprint density at radius 3 is 2.30 bits per heavy atom. The van der Waals surface area contributed by atoms with Gasteiger partial charge in [-0.25, -0.2) is 0 Å². The maximum atomic E-state index is 13.3. The van der Waals surface area contributed by atoms with Crippen LogP contribution in [0.25, 0.3) is 10.1 Å². The van der Waals surface area contributed by atoms with Gasteiger partial charge < -0.3 is 4.90 Å². The van der Waals surface area contributed by atoms with Gasteiger partial charge in [-0.2, -0.15) is 0 Å². The molecule has 0 atom stereocenters. The smallest absolute Gasteiger partial charge is 0.268 e. The van der Waals surface area contributed by atoms with E-state index in [1.54, 1.807) is 16.2 Å². The number of carbonyl (C=O) groups excluding carboxylic acids is 1. The molecule has 0 aliphatic rings. The number of para-hydroxylation sites is 1. The van der Waals surface area contributed by atoms with Gasteiger partial charge in [0.2, 0.25) is 0 Å². The Labute approximate surface area is 163 Å². The summed E-state index contributed by atoms with van der Waals surface area (Å²) in [5.41, 5.74) is 4.49. The first-order chi connectivity index (χ1) is 13.1. The van der Waals surface area contributed by atoms with E-state index in [0.29, 0.717) is 0 Å². The minimum absolute atomic E-state index is 0.0458. The van der Waals surface area contributed by atoms with Gasteiger partial charge in [-0.1, -0.05) is 66.2 Å². The molecule has 27 heavy (non-hydrogen) atoms. The van der Waals surface area contributed by atoms with Crippen molar-refractivity contribution in [3.63, 3.8) is 0 Å². The molecule has 0 fully saturated rings. The van der Waals surface area contributed by atoms with Crippen molar-refractivity contribution in [3.05, 3.63) is 100 Å². The summed E-state index contributed by atoms with van der Waals surface area (Å²) in [5.74, 6) is 0.0458. The molecule has 0 spiro atoms. The lowest BCUT2D eigenvalue weighted by atomic mass is 10.0. The SMILES string of the molecule is Cc1ccc(Cc2c(C(=O)N(C)c3ccccc3)sc3ccccc23)cc1. The lowest BCUT2D eigenvalue weighted by Crippen LogP contribution is -2.26. The van der Waals surface area contributed by atoms with Crippen molar-refractivity contribution in [1.29, 1.82) is 0 Å². The van der Waals surface area contributed by atoms with E-state index in [2.05, 4.69) is 43.3 Å². The lowest BCUT2D eigenvalue weighted by Gasteiger charge is -2.17. The van der Waals surface area contributed by atoms with E-state index >= 15 is 0 Å². The third-order valence-electron chi connectivity index (χ3n) is 4.84. The summed E-state index contributed by atoms with van der Waals surface area (Å²) >= 11 is 1.59. The zero-order valence-electron chi connectivity index (χ0n) is 15.5. The number of benzene rings is 3. The fraction of sp³-hybridized carbons (Fsp3) is 0.125. The molecule has 1 amide bonds. The standard InChI is InChI=1S/C24H21NOS/c1-17-12-14-18(15-13-17)16-21-20-10-6-7-11-22(20)27-23(21)24(26)25(2)19-8-4-3-5-9-19/h3-15H,16H2,1-2H3. The van der Waals surface area contributed by atoms with E-state index in [0.717, 1.165) is 27.2 Å².